The number of halogens is 3. The highest BCUT2D eigenvalue weighted by Gasteiger charge is 2.30. The van der Waals surface area contributed by atoms with Gasteiger partial charge in [0.2, 0.25) is 0 Å². The van der Waals surface area contributed by atoms with Crippen LogP contribution in [0.4, 0.5) is 19.0 Å². The number of carbonyl (C=O) groups excluding carboxylic acids is 1. The van der Waals surface area contributed by atoms with Crippen LogP contribution in [-0.2, 0) is 10.9 Å². The summed E-state index contributed by atoms with van der Waals surface area (Å²) in [7, 11) is 0. The number of alkyl halides is 3. The lowest BCUT2D eigenvalue weighted by Crippen LogP contribution is -2.40. The van der Waals surface area contributed by atoms with Gasteiger partial charge in [0.05, 0.1) is 30.7 Å². The first kappa shape index (κ1) is 20.8. The molecule has 0 unspecified atom stereocenters. The fourth-order valence-corrected chi connectivity index (χ4v) is 3.30. The monoisotopic (exact) mass is 428 g/mol. The van der Waals surface area contributed by atoms with E-state index in [1.165, 1.54) is 18.3 Å². The van der Waals surface area contributed by atoms with Gasteiger partial charge in [-0.3, -0.25) is 4.79 Å². The first-order valence-corrected chi connectivity index (χ1v) is 9.60. The zero-order valence-electron chi connectivity index (χ0n) is 16.4. The Kier molecular flexibility index (Phi) is 5.60. The van der Waals surface area contributed by atoms with Gasteiger partial charge in [-0.15, -0.1) is 0 Å². The van der Waals surface area contributed by atoms with Gasteiger partial charge in [-0.05, 0) is 24.3 Å². The van der Waals surface area contributed by atoms with Crippen LogP contribution >= 0.6 is 0 Å². The average molecular weight is 428 g/mol. The van der Waals surface area contributed by atoms with Gasteiger partial charge in [0, 0.05) is 29.8 Å². The van der Waals surface area contributed by atoms with Crippen LogP contribution in [0.15, 0.2) is 54.7 Å². The van der Waals surface area contributed by atoms with Gasteiger partial charge in [0.25, 0.3) is 5.91 Å². The zero-order valence-corrected chi connectivity index (χ0v) is 16.4. The smallest absolute Gasteiger partial charge is 0.382 e. The molecule has 1 amide bonds. The lowest BCUT2D eigenvalue weighted by atomic mass is 10.1. The lowest BCUT2D eigenvalue weighted by molar-refractivity contribution is -0.137. The second-order valence-electron chi connectivity index (χ2n) is 7.05. The van der Waals surface area contributed by atoms with E-state index in [0.29, 0.717) is 54.4 Å². The molecule has 4 rings (SSSR count). The number of morpholine rings is 1. The number of nitrogens with two attached hydrogens (primary N) is 1. The summed E-state index contributed by atoms with van der Waals surface area (Å²) in [4.78, 5) is 22.9. The van der Waals surface area contributed by atoms with Gasteiger partial charge in [0.15, 0.2) is 0 Å². The van der Waals surface area contributed by atoms with Crippen LogP contribution in [0.5, 0.6) is 0 Å². The molecule has 1 saturated heterocycles. The Balaban J connectivity index is 1.59. The van der Waals surface area contributed by atoms with E-state index in [1.807, 2.05) is 0 Å². The quantitative estimate of drug-likeness (QED) is 0.685. The minimum absolute atomic E-state index is 0.0765. The van der Waals surface area contributed by atoms with Crippen molar-refractivity contribution >= 4 is 11.7 Å². The van der Waals surface area contributed by atoms with Gasteiger partial charge in [0.1, 0.15) is 11.5 Å². The van der Waals surface area contributed by atoms with Crippen LogP contribution < -0.4 is 5.73 Å². The van der Waals surface area contributed by atoms with E-state index < -0.39 is 11.7 Å². The first-order valence-electron chi connectivity index (χ1n) is 9.60. The summed E-state index contributed by atoms with van der Waals surface area (Å²) in [6, 6.07) is 11.5. The predicted molar refractivity (Wildman–Crippen MR) is 109 cm³/mol. The van der Waals surface area contributed by atoms with E-state index in [0.717, 1.165) is 12.1 Å². The summed E-state index contributed by atoms with van der Waals surface area (Å²) in [6.07, 6.45) is -2.99. The molecule has 2 aromatic carbocycles. The van der Waals surface area contributed by atoms with Gasteiger partial charge >= 0.3 is 6.18 Å². The van der Waals surface area contributed by atoms with Crippen molar-refractivity contribution in [1.29, 1.82) is 0 Å². The number of hydrogen-bond donors (Lipinski definition) is 1. The minimum Gasteiger partial charge on any atom is -0.382 e. The van der Waals surface area contributed by atoms with Crippen molar-refractivity contribution in [3.05, 3.63) is 65.9 Å². The molecule has 0 bridgehead atoms. The van der Waals surface area contributed by atoms with Crippen LogP contribution in [0, 0.1) is 0 Å². The van der Waals surface area contributed by atoms with Crippen LogP contribution in [0.3, 0.4) is 0 Å². The van der Waals surface area contributed by atoms with Crippen LogP contribution in [0.2, 0.25) is 0 Å². The van der Waals surface area contributed by atoms with E-state index in [4.69, 9.17) is 10.5 Å². The molecule has 1 fully saturated rings. The number of nitrogens with zero attached hydrogens (tertiary/aromatic N) is 3. The third-order valence-corrected chi connectivity index (χ3v) is 5.01. The highest BCUT2D eigenvalue weighted by Crippen LogP contribution is 2.31. The average Bonchev–Trinajstić information content (AvgIpc) is 2.79. The molecule has 160 valence electrons. The Morgan fingerprint density at radius 1 is 0.968 bits per heavy atom. The number of ether oxygens (including phenoxy) is 1. The summed E-state index contributed by atoms with van der Waals surface area (Å²) in [6.45, 7) is 2.14. The molecule has 0 saturated carbocycles. The van der Waals surface area contributed by atoms with Crippen molar-refractivity contribution in [1.82, 2.24) is 14.9 Å². The van der Waals surface area contributed by atoms with Crippen LogP contribution in [-0.4, -0.2) is 47.1 Å². The molecule has 0 spiro atoms. The van der Waals surface area contributed by atoms with Gasteiger partial charge in [-0.25, -0.2) is 9.97 Å². The predicted octanol–water partition coefficient (Wildman–Crippen LogP) is 3.88. The number of hydrogen-bond acceptors (Lipinski definition) is 5. The maximum absolute atomic E-state index is 12.8. The number of carbonyl (C=O) groups is 1. The van der Waals surface area contributed by atoms with Crippen molar-refractivity contribution < 1.29 is 22.7 Å². The lowest BCUT2D eigenvalue weighted by Gasteiger charge is -2.26. The Morgan fingerprint density at radius 2 is 1.58 bits per heavy atom. The Hall–Kier alpha value is -3.46. The van der Waals surface area contributed by atoms with Gasteiger partial charge < -0.3 is 15.4 Å². The summed E-state index contributed by atoms with van der Waals surface area (Å²) in [5.74, 6) is 0.107. The van der Waals surface area contributed by atoms with E-state index in [2.05, 4.69) is 9.97 Å². The summed E-state index contributed by atoms with van der Waals surface area (Å²) in [5.41, 5.74) is 7.71. The van der Waals surface area contributed by atoms with Gasteiger partial charge in [-0.2, -0.15) is 13.2 Å². The number of anilines is 1. The molecule has 1 aliphatic rings. The topological polar surface area (TPSA) is 81.3 Å². The summed E-state index contributed by atoms with van der Waals surface area (Å²) >= 11 is 0. The Morgan fingerprint density at radius 3 is 2.19 bits per heavy atom. The van der Waals surface area contributed by atoms with Crippen molar-refractivity contribution in [2.24, 2.45) is 0 Å². The van der Waals surface area contributed by atoms with Crippen molar-refractivity contribution in [3.8, 4) is 22.5 Å². The molecule has 0 aliphatic carbocycles. The van der Waals surface area contributed by atoms with E-state index in [9.17, 15) is 18.0 Å². The standard InChI is InChI=1S/C22H19F3N4O2/c23-22(24,25)17-7-5-14(6-8-17)18-13-27-20(26)19(28-18)15-1-3-16(4-2-15)21(30)29-9-11-31-12-10-29/h1-8,13H,9-12H2,(H2,26,27). The third-order valence-electron chi connectivity index (χ3n) is 5.01. The Bertz CT molecular complexity index is 1080. The van der Waals surface area contributed by atoms with E-state index in [1.54, 1.807) is 29.2 Å². The molecule has 2 heterocycles. The molecule has 1 aliphatic heterocycles. The number of rotatable bonds is 3. The minimum atomic E-state index is -4.41. The highest BCUT2D eigenvalue weighted by atomic mass is 19.4. The van der Waals surface area contributed by atoms with Crippen LogP contribution in [0.1, 0.15) is 15.9 Å². The van der Waals surface area contributed by atoms with Crippen molar-refractivity contribution in [3.63, 3.8) is 0 Å². The second-order valence-corrected chi connectivity index (χ2v) is 7.05. The van der Waals surface area contributed by atoms with Crippen molar-refractivity contribution in [2.75, 3.05) is 32.0 Å². The molecule has 3 aromatic rings. The Labute approximate surface area is 176 Å². The van der Waals surface area contributed by atoms with Gasteiger partial charge in [-0.1, -0.05) is 24.3 Å². The second kappa shape index (κ2) is 8.35. The zero-order chi connectivity index (χ0) is 22.0. The summed E-state index contributed by atoms with van der Waals surface area (Å²) < 4.78 is 43.6. The van der Waals surface area contributed by atoms with Crippen LogP contribution in [0.25, 0.3) is 22.5 Å². The largest absolute Gasteiger partial charge is 0.416 e. The fraction of sp³-hybridized carbons (Fsp3) is 0.227. The molecule has 9 heteroatoms. The van der Waals surface area contributed by atoms with E-state index >= 15 is 0 Å². The number of nitrogen functional groups attached to an aromatic ring is 1. The number of amides is 1. The first-order chi connectivity index (χ1) is 14.8. The highest BCUT2D eigenvalue weighted by molar-refractivity contribution is 5.95. The molecular formula is C22H19F3N4O2. The third kappa shape index (κ3) is 4.51. The maximum atomic E-state index is 12.8. The SMILES string of the molecule is Nc1ncc(-c2ccc(C(F)(F)F)cc2)nc1-c1ccc(C(=O)N2CCOCC2)cc1. The normalized spacial score (nSPS) is 14.5. The maximum Gasteiger partial charge on any atom is 0.416 e. The fourth-order valence-electron chi connectivity index (χ4n) is 3.30. The molecular weight excluding hydrogens is 409 g/mol. The number of benzene rings is 2. The molecule has 0 atom stereocenters. The molecule has 1 aromatic heterocycles. The van der Waals surface area contributed by atoms with E-state index in [-0.39, 0.29) is 11.7 Å². The summed E-state index contributed by atoms with van der Waals surface area (Å²) in [5, 5.41) is 0. The molecule has 0 radical (unpaired) electrons. The number of aromatic nitrogens is 2. The molecule has 6 nitrogen and oxygen atoms in total. The van der Waals surface area contributed by atoms with Crippen molar-refractivity contribution in [2.45, 2.75) is 6.18 Å². The molecule has 31 heavy (non-hydrogen) atoms. The molecule has 2 N–H and O–H groups in total.